The van der Waals surface area contributed by atoms with E-state index in [2.05, 4.69) is 0 Å². The van der Waals surface area contributed by atoms with Crippen LogP contribution < -0.4 is 0 Å². The number of Topliss-reactive ketones (excluding diaryl/α,β-unsaturated/α-hetero) is 1. The second-order valence-electron chi connectivity index (χ2n) is 4.55. The van der Waals surface area contributed by atoms with E-state index in [9.17, 15) is 13.6 Å². The first kappa shape index (κ1) is 13.1. The summed E-state index contributed by atoms with van der Waals surface area (Å²) in [6.07, 6.45) is 3.78. The average molecular weight is 254 g/mol. The number of carbonyl (C=O) groups excluding carboxylic acids is 1. The molecule has 0 aliphatic carbocycles. The molecular formula is C14H16F2O2. The molecule has 18 heavy (non-hydrogen) atoms. The SMILES string of the molecule is O=C(CCC1CCCCO1)c1c(F)cccc1F. The van der Waals surface area contributed by atoms with Crippen LogP contribution in [0, 0.1) is 11.6 Å². The fourth-order valence-electron chi connectivity index (χ4n) is 2.22. The molecule has 1 aromatic carbocycles. The molecule has 0 amide bonds. The van der Waals surface area contributed by atoms with Crippen LogP contribution in [0.1, 0.15) is 42.5 Å². The Morgan fingerprint density at radius 1 is 1.28 bits per heavy atom. The van der Waals surface area contributed by atoms with E-state index in [1.165, 1.54) is 6.07 Å². The predicted octanol–water partition coefficient (Wildman–Crippen LogP) is 3.50. The molecule has 2 rings (SSSR count). The molecule has 2 nitrogen and oxygen atoms in total. The molecule has 1 aromatic rings. The van der Waals surface area contributed by atoms with Gasteiger partial charge in [0.25, 0.3) is 0 Å². The molecule has 0 bridgehead atoms. The molecule has 0 spiro atoms. The lowest BCUT2D eigenvalue weighted by Crippen LogP contribution is -2.20. The molecule has 0 N–H and O–H groups in total. The maximum atomic E-state index is 13.4. The summed E-state index contributed by atoms with van der Waals surface area (Å²) in [5.74, 6) is -2.06. The van der Waals surface area contributed by atoms with Gasteiger partial charge < -0.3 is 4.74 Å². The van der Waals surface area contributed by atoms with Gasteiger partial charge in [0.1, 0.15) is 11.6 Å². The molecule has 98 valence electrons. The molecule has 0 radical (unpaired) electrons. The van der Waals surface area contributed by atoms with Crippen molar-refractivity contribution in [3.05, 3.63) is 35.4 Å². The lowest BCUT2D eigenvalue weighted by molar-refractivity contribution is 0.0104. The van der Waals surface area contributed by atoms with E-state index >= 15 is 0 Å². The highest BCUT2D eigenvalue weighted by Gasteiger charge is 2.20. The van der Waals surface area contributed by atoms with Gasteiger partial charge in [-0.05, 0) is 37.8 Å². The van der Waals surface area contributed by atoms with Crippen LogP contribution in [-0.2, 0) is 4.74 Å². The topological polar surface area (TPSA) is 26.3 Å². The Morgan fingerprint density at radius 2 is 2.00 bits per heavy atom. The van der Waals surface area contributed by atoms with Gasteiger partial charge in [-0.1, -0.05) is 6.07 Å². The first-order valence-corrected chi connectivity index (χ1v) is 6.27. The minimum atomic E-state index is -0.787. The van der Waals surface area contributed by atoms with E-state index in [1.807, 2.05) is 0 Å². The third-order valence-corrected chi connectivity index (χ3v) is 3.21. The van der Waals surface area contributed by atoms with Crippen molar-refractivity contribution in [2.24, 2.45) is 0 Å². The summed E-state index contributed by atoms with van der Waals surface area (Å²) in [6.45, 7) is 0.715. The first-order valence-electron chi connectivity index (χ1n) is 6.27. The number of carbonyl (C=O) groups is 1. The van der Waals surface area contributed by atoms with Crippen LogP contribution in [0.2, 0.25) is 0 Å². The predicted molar refractivity (Wildman–Crippen MR) is 63.5 cm³/mol. The monoisotopic (exact) mass is 254 g/mol. The standard InChI is InChI=1S/C14H16F2O2/c15-11-5-3-6-12(16)14(11)13(17)8-7-10-4-1-2-9-18-10/h3,5-6,10H,1-2,4,7-9H2. The maximum absolute atomic E-state index is 13.4. The van der Waals surface area contributed by atoms with Crippen molar-refractivity contribution in [1.82, 2.24) is 0 Å². The highest BCUT2D eigenvalue weighted by Crippen LogP contribution is 2.20. The van der Waals surface area contributed by atoms with Gasteiger partial charge in [0.15, 0.2) is 5.78 Å². The number of rotatable bonds is 4. The summed E-state index contributed by atoms with van der Waals surface area (Å²) in [6, 6.07) is 3.46. The van der Waals surface area contributed by atoms with Crippen molar-refractivity contribution >= 4 is 5.78 Å². The van der Waals surface area contributed by atoms with Gasteiger partial charge in [0.05, 0.1) is 11.7 Å². The fourth-order valence-corrected chi connectivity index (χ4v) is 2.22. The van der Waals surface area contributed by atoms with Crippen LogP contribution in [0.5, 0.6) is 0 Å². The lowest BCUT2D eigenvalue weighted by Gasteiger charge is -2.22. The Hall–Kier alpha value is -1.29. The zero-order valence-corrected chi connectivity index (χ0v) is 10.1. The number of ketones is 1. The molecule has 0 saturated carbocycles. The zero-order valence-electron chi connectivity index (χ0n) is 10.1. The van der Waals surface area contributed by atoms with E-state index in [4.69, 9.17) is 4.74 Å². The summed E-state index contributed by atoms with van der Waals surface area (Å²) in [7, 11) is 0. The molecule has 1 saturated heterocycles. The van der Waals surface area contributed by atoms with Crippen LogP contribution in [0.25, 0.3) is 0 Å². The van der Waals surface area contributed by atoms with Crippen molar-refractivity contribution in [3.63, 3.8) is 0 Å². The fraction of sp³-hybridized carbons (Fsp3) is 0.500. The lowest BCUT2D eigenvalue weighted by atomic mass is 10.00. The van der Waals surface area contributed by atoms with Gasteiger partial charge >= 0.3 is 0 Å². The van der Waals surface area contributed by atoms with E-state index in [1.54, 1.807) is 0 Å². The minimum Gasteiger partial charge on any atom is -0.378 e. The van der Waals surface area contributed by atoms with Crippen molar-refractivity contribution in [3.8, 4) is 0 Å². The van der Waals surface area contributed by atoms with Gasteiger partial charge in [-0.15, -0.1) is 0 Å². The van der Waals surface area contributed by atoms with E-state index < -0.39 is 23.0 Å². The Labute approximate surface area is 105 Å². The maximum Gasteiger partial charge on any atom is 0.168 e. The van der Waals surface area contributed by atoms with Gasteiger partial charge in [0.2, 0.25) is 0 Å². The number of hydrogen-bond donors (Lipinski definition) is 0. The van der Waals surface area contributed by atoms with Crippen molar-refractivity contribution in [1.29, 1.82) is 0 Å². The molecule has 1 atom stereocenters. The second-order valence-corrected chi connectivity index (χ2v) is 4.55. The summed E-state index contributed by atoms with van der Waals surface area (Å²) in [4.78, 5) is 11.8. The Bertz CT molecular complexity index is 406. The molecule has 1 heterocycles. The van der Waals surface area contributed by atoms with Crippen LogP contribution >= 0.6 is 0 Å². The first-order chi connectivity index (χ1) is 8.68. The van der Waals surface area contributed by atoms with Gasteiger partial charge in [-0.2, -0.15) is 0 Å². The van der Waals surface area contributed by atoms with E-state index in [-0.39, 0.29) is 12.5 Å². The van der Waals surface area contributed by atoms with Gasteiger partial charge in [0, 0.05) is 13.0 Å². The van der Waals surface area contributed by atoms with Gasteiger partial charge in [-0.25, -0.2) is 8.78 Å². The molecular weight excluding hydrogens is 238 g/mol. The smallest absolute Gasteiger partial charge is 0.168 e. The summed E-state index contributed by atoms with van der Waals surface area (Å²) in [5.41, 5.74) is -0.423. The number of hydrogen-bond acceptors (Lipinski definition) is 2. The highest BCUT2D eigenvalue weighted by atomic mass is 19.1. The number of benzene rings is 1. The highest BCUT2D eigenvalue weighted by molar-refractivity contribution is 5.96. The minimum absolute atomic E-state index is 0.0533. The summed E-state index contributed by atoms with van der Waals surface area (Å²) < 4.78 is 32.2. The Kier molecular flexibility index (Phi) is 4.42. The summed E-state index contributed by atoms with van der Waals surface area (Å²) in [5, 5.41) is 0. The third kappa shape index (κ3) is 3.13. The van der Waals surface area contributed by atoms with Crippen LogP contribution in [-0.4, -0.2) is 18.5 Å². The van der Waals surface area contributed by atoms with Gasteiger partial charge in [-0.3, -0.25) is 4.79 Å². The van der Waals surface area contributed by atoms with Crippen molar-refractivity contribution < 1.29 is 18.3 Å². The second kappa shape index (κ2) is 6.05. The Balaban J connectivity index is 1.95. The molecule has 1 fully saturated rings. The van der Waals surface area contributed by atoms with E-state index in [0.29, 0.717) is 13.0 Å². The van der Waals surface area contributed by atoms with Crippen molar-refractivity contribution in [2.75, 3.05) is 6.61 Å². The molecule has 0 aromatic heterocycles. The van der Waals surface area contributed by atoms with Crippen LogP contribution in [0.4, 0.5) is 8.78 Å². The summed E-state index contributed by atoms with van der Waals surface area (Å²) >= 11 is 0. The third-order valence-electron chi connectivity index (χ3n) is 3.21. The van der Waals surface area contributed by atoms with Crippen molar-refractivity contribution in [2.45, 2.75) is 38.2 Å². The molecule has 1 unspecified atom stereocenters. The van der Waals surface area contributed by atoms with Crippen LogP contribution in [0.15, 0.2) is 18.2 Å². The molecule has 1 aliphatic rings. The Morgan fingerprint density at radius 3 is 2.61 bits per heavy atom. The zero-order chi connectivity index (χ0) is 13.0. The average Bonchev–Trinajstić information content (AvgIpc) is 2.37. The van der Waals surface area contributed by atoms with E-state index in [0.717, 1.165) is 31.4 Å². The quantitative estimate of drug-likeness (QED) is 0.769. The number of halogens is 2. The van der Waals surface area contributed by atoms with Crippen LogP contribution in [0.3, 0.4) is 0 Å². The largest absolute Gasteiger partial charge is 0.378 e. The normalized spacial score (nSPS) is 19.8. The molecule has 4 heteroatoms. The molecule has 1 aliphatic heterocycles. The number of ether oxygens (including phenoxy) is 1.